The van der Waals surface area contributed by atoms with Gasteiger partial charge in [0.05, 0.1) is 0 Å². The van der Waals surface area contributed by atoms with E-state index in [-0.39, 0.29) is 0 Å². The summed E-state index contributed by atoms with van der Waals surface area (Å²) in [6.07, 6.45) is 2.53. The fraction of sp³-hybridized carbons (Fsp3) is 0.714. The maximum atomic E-state index is 3.72. The highest BCUT2D eigenvalue weighted by molar-refractivity contribution is 7.12. The van der Waals surface area contributed by atoms with Gasteiger partial charge in [-0.3, -0.25) is 0 Å². The fourth-order valence-electron chi connectivity index (χ4n) is 2.29. The molecule has 1 aromatic rings. The van der Waals surface area contributed by atoms with Crippen molar-refractivity contribution < 1.29 is 0 Å². The first-order valence-corrected chi connectivity index (χ1v) is 7.22. The quantitative estimate of drug-likeness (QED) is 0.769. The molecule has 2 atom stereocenters. The summed E-state index contributed by atoms with van der Waals surface area (Å²) >= 11 is 1.90. The molecule has 0 aliphatic carbocycles. The van der Waals surface area contributed by atoms with E-state index in [1.807, 2.05) is 11.3 Å². The molecule has 1 heterocycles. The molecule has 0 spiro atoms. The lowest BCUT2D eigenvalue weighted by molar-refractivity contribution is 0.331. The Morgan fingerprint density at radius 3 is 2.25 bits per heavy atom. The van der Waals surface area contributed by atoms with Gasteiger partial charge in [-0.15, -0.1) is 11.3 Å². The summed E-state index contributed by atoms with van der Waals surface area (Å²) in [5, 5.41) is 3.72. The zero-order chi connectivity index (χ0) is 12.1. The first-order valence-electron chi connectivity index (χ1n) is 6.40. The molecule has 2 unspecified atom stereocenters. The zero-order valence-corrected chi connectivity index (χ0v) is 12.0. The second kappa shape index (κ2) is 6.41. The molecule has 0 aliphatic rings. The van der Waals surface area contributed by atoms with Crippen LogP contribution in [0.25, 0.3) is 0 Å². The Bertz CT molecular complexity index is 301. The van der Waals surface area contributed by atoms with E-state index in [2.05, 4.69) is 52.1 Å². The summed E-state index contributed by atoms with van der Waals surface area (Å²) < 4.78 is 0. The predicted octanol–water partition coefficient (Wildman–Crippen LogP) is 4.53. The number of nitrogens with one attached hydrogen (secondary N) is 1. The van der Waals surface area contributed by atoms with Crippen LogP contribution in [0.3, 0.4) is 0 Å². The largest absolute Gasteiger partial charge is 0.307 e. The van der Waals surface area contributed by atoms with E-state index < -0.39 is 0 Å². The Morgan fingerprint density at radius 2 is 1.81 bits per heavy atom. The minimum Gasteiger partial charge on any atom is -0.307 e. The van der Waals surface area contributed by atoms with E-state index >= 15 is 0 Å². The van der Waals surface area contributed by atoms with Gasteiger partial charge in [-0.1, -0.05) is 26.7 Å². The summed E-state index contributed by atoms with van der Waals surface area (Å²) in [5.41, 5.74) is 0. The molecule has 1 aromatic heterocycles. The molecular weight excluding hydrogens is 214 g/mol. The molecule has 2 heteroatoms. The van der Waals surface area contributed by atoms with Crippen LogP contribution in [0.2, 0.25) is 0 Å². The van der Waals surface area contributed by atoms with Crippen LogP contribution in [0, 0.1) is 12.8 Å². The van der Waals surface area contributed by atoms with Crippen molar-refractivity contribution >= 4 is 11.3 Å². The Balaban J connectivity index is 2.53. The monoisotopic (exact) mass is 239 g/mol. The molecule has 0 saturated carbocycles. The molecule has 0 amide bonds. The second-order valence-electron chi connectivity index (χ2n) is 4.70. The van der Waals surface area contributed by atoms with Crippen molar-refractivity contribution in [1.82, 2.24) is 5.32 Å². The van der Waals surface area contributed by atoms with Gasteiger partial charge in [-0.2, -0.15) is 0 Å². The first kappa shape index (κ1) is 13.7. The summed E-state index contributed by atoms with van der Waals surface area (Å²) in [6, 6.07) is 5.54. The van der Waals surface area contributed by atoms with Crippen molar-refractivity contribution in [3.8, 4) is 0 Å². The molecule has 0 saturated heterocycles. The highest BCUT2D eigenvalue weighted by Crippen LogP contribution is 2.24. The summed E-state index contributed by atoms with van der Waals surface area (Å²) in [7, 11) is 0. The fourth-order valence-corrected chi connectivity index (χ4v) is 3.18. The van der Waals surface area contributed by atoms with Crippen molar-refractivity contribution in [2.75, 3.05) is 0 Å². The molecule has 0 aromatic carbocycles. The van der Waals surface area contributed by atoms with Crippen LogP contribution in [0.5, 0.6) is 0 Å². The zero-order valence-electron chi connectivity index (χ0n) is 11.2. The van der Waals surface area contributed by atoms with Crippen molar-refractivity contribution in [2.45, 2.75) is 59.5 Å². The number of rotatable bonds is 6. The van der Waals surface area contributed by atoms with E-state index in [0.29, 0.717) is 12.1 Å². The Kier molecular flexibility index (Phi) is 5.50. The number of hydrogen-bond acceptors (Lipinski definition) is 2. The van der Waals surface area contributed by atoms with Gasteiger partial charge in [0.1, 0.15) is 0 Å². The smallest absolute Gasteiger partial charge is 0.0388 e. The molecule has 0 fully saturated rings. The average molecular weight is 239 g/mol. The Morgan fingerprint density at radius 1 is 1.19 bits per heavy atom. The van der Waals surface area contributed by atoms with E-state index in [1.165, 1.54) is 22.6 Å². The average Bonchev–Trinajstić information content (AvgIpc) is 2.66. The van der Waals surface area contributed by atoms with Crippen LogP contribution >= 0.6 is 11.3 Å². The lowest BCUT2D eigenvalue weighted by Gasteiger charge is -2.26. The van der Waals surface area contributed by atoms with E-state index in [9.17, 15) is 0 Å². The van der Waals surface area contributed by atoms with Gasteiger partial charge in [0, 0.05) is 21.8 Å². The third-order valence-electron chi connectivity index (χ3n) is 3.46. The lowest BCUT2D eigenvalue weighted by atomic mass is 9.95. The molecule has 1 N–H and O–H groups in total. The normalized spacial score (nSPS) is 15.4. The van der Waals surface area contributed by atoms with Crippen molar-refractivity contribution in [3.05, 3.63) is 21.9 Å². The summed E-state index contributed by atoms with van der Waals surface area (Å²) in [5.74, 6) is 0.795. The molecule has 1 rings (SSSR count). The lowest BCUT2D eigenvalue weighted by Crippen LogP contribution is -2.34. The maximum Gasteiger partial charge on any atom is 0.0388 e. The van der Waals surface area contributed by atoms with E-state index in [1.54, 1.807) is 0 Å². The van der Waals surface area contributed by atoms with Crippen LogP contribution < -0.4 is 5.32 Å². The topological polar surface area (TPSA) is 12.0 Å². The van der Waals surface area contributed by atoms with Gasteiger partial charge < -0.3 is 5.32 Å². The Labute approximate surface area is 104 Å². The number of thiophene rings is 1. The van der Waals surface area contributed by atoms with Crippen LogP contribution in [0.4, 0.5) is 0 Å². The standard InChI is InChI=1S/C14H25NS/c1-6-13(7-2)11(4)15-12(5)14-9-8-10(3)16-14/h8-9,11-13,15H,6-7H2,1-5H3. The predicted molar refractivity (Wildman–Crippen MR) is 74.1 cm³/mol. The van der Waals surface area contributed by atoms with Gasteiger partial charge in [0.15, 0.2) is 0 Å². The van der Waals surface area contributed by atoms with Crippen LogP contribution in [0.15, 0.2) is 12.1 Å². The number of aryl methyl sites for hydroxylation is 1. The third kappa shape index (κ3) is 3.60. The molecule has 0 bridgehead atoms. The molecule has 0 radical (unpaired) electrons. The molecular formula is C14H25NS. The second-order valence-corrected chi connectivity index (χ2v) is 6.02. The van der Waals surface area contributed by atoms with Crippen molar-refractivity contribution in [2.24, 2.45) is 5.92 Å². The minimum absolute atomic E-state index is 0.481. The van der Waals surface area contributed by atoms with Crippen LogP contribution in [-0.2, 0) is 0 Å². The van der Waals surface area contributed by atoms with Crippen molar-refractivity contribution in [1.29, 1.82) is 0 Å². The third-order valence-corrected chi connectivity index (χ3v) is 4.64. The number of hydrogen-bond donors (Lipinski definition) is 1. The van der Waals surface area contributed by atoms with E-state index in [4.69, 9.17) is 0 Å². The summed E-state index contributed by atoms with van der Waals surface area (Å²) in [4.78, 5) is 2.86. The van der Waals surface area contributed by atoms with Gasteiger partial charge in [-0.25, -0.2) is 0 Å². The van der Waals surface area contributed by atoms with Gasteiger partial charge in [0.25, 0.3) is 0 Å². The van der Waals surface area contributed by atoms with E-state index in [0.717, 1.165) is 5.92 Å². The molecule has 1 nitrogen and oxygen atoms in total. The SMILES string of the molecule is CCC(CC)C(C)NC(C)c1ccc(C)s1. The van der Waals surface area contributed by atoms with Gasteiger partial charge in [0.2, 0.25) is 0 Å². The minimum atomic E-state index is 0.481. The maximum absolute atomic E-state index is 3.72. The molecule has 16 heavy (non-hydrogen) atoms. The highest BCUT2D eigenvalue weighted by atomic mass is 32.1. The van der Waals surface area contributed by atoms with Gasteiger partial charge >= 0.3 is 0 Å². The Hall–Kier alpha value is -0.340. The molecule has 0 aliphatic heterocycles. The molecule has 92 valence electrons. The van der Waals surface area contributed by atoms with Crippen LogP contribution in [-0.4, -0.2) is 6.04 Å². The van der Waals surface area contributed by atoms with Crippen LogP contribution in [0.1, 0.15) is 56.3 Å². The van der Waals surface area contributed by atoms with Gasteiger partial charge in [-0.05, 0) is 38.8 Å². The first-order chi connectivity index (χ1) is 7.58. The summed E-state index contributed by atoms with van der Waals surface area (Å²) in [6.45, 7) is 11.3. The highest BCUT2D eigenvalue weighted by Gasteiger charge is 2.16. The van der Waals surface area contributed by atoms with Crippen molar-refractivity contribution in [3.63, 3.8) is 0 Å².